The maximum absolute atomic E-state index is 4.66. The van der Waals surface area contributed by atoms with Crippen LogP contribution in [0.15, 0.2) is 71.9 Å². The number of hydrogen-bond acceptors (Lipinski definition) is 2. The van der Waals surface area contributed by atoms with E-state index < -0.39 is 0 Å². The molecular formula is C21H26IN5. The van der Waals surface area contributed by atoms with Crippen molar-refractivity contribution in [2.24, 2.45) is 4.99 Å². The number of rotatable bonds is 6. The Labute approximate surface area is 177 Å². The molecule has 27 heavy (non-hydrogen) atoms. The Morgan fingerprint density at radius 1 is 1.07 bits per heavy atom. The quantitative estimate of drug-likeness (QED) is 0.279. The van der Waals surface area contributed by atoms with Gasteiger partial charge in [0.05, 0.1) is 17.9 Å². The molecule has 1 heterocycles. The van der Waals surface area contributed by atoms with Crippen molar-refractivity contribution in [1.29, 1.82) is 0 Å². The molecule has 1 aromatic heterocycles. The minimum absolute atomic E-state index is 0. The first kappa shape index (κ1) is 21.0. The molecule has 0 aliphatic heterocycles. The van der Waals surface area contributed by atoms with E-state index in [1.54, 1.807) is 0 Å². The van der Waals surface area contributed by atoms with E-state index >= 15 is 0 Å². The van der Waals surface area contributed by atoms with Crippen molar-refractivity contribution in [3.8, 4) is 11.3 Å². The number of hydrogen-bond donors (Lipinski definition) is 3. The van der Waals surface area contributed by atoms with Crippen LogP contribution in [0.1, 0.15) is 31.3 Å². The maximum Gasteiger partial charge on any atom is 0.192 e. The number of benzene rings is 2. The highest BCUT2D eigenvalue weighted by Crippen LogP contribution is 2.16. The summed E-state index contributed by atoms with van der Waals surface area (Å²) in [7, 11) is 0. The second-order valence-electron chi connectivity index (χ2n) is 6.08. The number of aromatic amines is 1. The van der Waals surface area contributed by atoms with Gasteiger partial charge in [-0.2, -0.15) is 0 Å². The SMILES string of the molecule is CCNC(=NCc1ncc(-c2ccccc2)[nH]1)NC(C)c1ccccc1.I. The van der Waals surface area contributed by atoms with Crippen molar-refractivity contribution in [1.82, 2.24) is 20.6 Å². The molecule has 1 unspecified atom stereocenters. The van der Waals surface area contributed by atoms with Crippen molar-refractivity contribution in [2.75, 3.05) is 6.54 Å². The summed E-state index contributed by atoms with van der Waals surface area (Å²) in [6.45, 7) is 5.48. The molecule has 0 radical (unpaired) electrons. The van der Waals surface area contributed by atoms with Gasteiger partial charge in [0.15, 0.2) is 5.96 Å². The zero-order valence-electron chi connectivity index (χ0n) is 15.6. The van der Waals surface area contributed by atoms with Crippen LogP contribution in [0.4, 0.5) is 0 Å². The van der Waals surface area contributed by atoms with Crippen LogP contribution in [0.25, 0.3) is 11.3 Å². The Morgan fingerprint density at radius 3 is 2.41 bits per heavy atom. The average Bonchev–Trinajstić information content (AvgIpc) is 3.17. The van der Waals surface area contributed by atoms with E-state index in [4.69, 9.17) is 0 Å². The molecule has 3 N–H and O–H groups in total. The van der Waals surface area contributed by atoms with Gasteiger partial charge in [0.2, 0.25) is 0 Å². The molecule has 0 amide bonds. The average molecular weight is 475 g/mol. The Balaban J connectivity index is 0.00000261. The molecule has 3 aromatic rings. The van der Waals surface area contributed by atoms with Gasteiger partial charge in [-0.15, -0.1) is 24.0 Å². The number of nitrogens with one attached hydrogen (secondary N) is 3. The van der Waals surface area contributed by atoms with Crippen molar-refractivity contribution in [3.63, 3.8) is 0 Å². The largest absolute Gasteiger partial charge is 0.357 e. The second-order valence-corrected chi connectivity index (χ2v) is 6.08. The predicted octanol–water partition coefficient (Wildman–Crippen LogP) is 4.51. The Kier molecular flexibility index (Phi) is 8.32. The Morgan fingerprint density at radius 2 is 1.74 bits per heavy atom. The lowest BCUT2D eigenvalue weighted by atomic mass is 10.1. The van der Waals surface area contributed by atoms with Gasteiger partial charge in [-0.05, 0) is 25.0 Å². The third kappa shape index (κ3) is 6.09. The fourth-order valence-corrected chi connectivity index (χ4v) is 2.71. The highest BCUT2D eigenvalue weighted by atomic mass is 127. The molecule has 0 aliphatic rings. The summed E-state index contributed by atoms with van der Waals surface area (Å²) in [5.41, 5.74) is 3.35. The van der Waals surface area contributed by atoms with E-state index in [0.717, 1.165) is 29.6 Å². The topological polar surface area (TPSA) is 65.1 Å². The lowest BCUT2D eigenvalue weighted by molar-refractivity contribution is 0.685. The van der Waals surface area contributed by atoms with E-state index in [-0.39, 0.29) is 30.0 Å². The summed E-state index contributed by atoms with van der Waals surface area (Å²) >= 11 is 0. The lowest BCUT2D eigenvalue weighted by Crippen LogP contribution is -2.38. The van der Waals surface area contributed by atoms with Gasteiger partial charge in [-0.25, -0.2) is 9.98 Å². The molecule has 0 saturated carbocycles. The highest BCUT2D eigenvalue weighted by Gasteiger charge is 2.08. The van der Waals surface area contributed by atoms with Crippen LogP contribution in [0.5, 0.6) is 0 Å². The number of H-pyrrole nitrogens is 1. The van der Waals surface area contributed by atoms with Crippen LogP contribution in [-0.4, -0.2) is 22.5 Å². The van der Waals surface area contributed by atoms with Gasteiger partial charge in [-0.1, -0.05) is 60.7 Å². The molecular weight excluding hydrogens is 449 g/mol. The standard InChI is InChI=1S/C21H25N5.HI/c1-3-22-21(25-16(2)17-10-6-4-7-11-17)24-15-20-23-14-19(26-20)18-12-8-5-9-13-18;/h4-14,16H,3,15H2,1-2H3,(H,23,26)(H2,22,24,25);1H. The summed E-state index contributed by atoms with van der Waals surface area (Å²) in [6, 6.07) is 20.7. The van der Waals surface area contributed by atoms with Crippen LogP contribution < -0.4 is 10.6 Å². The monoisotopic (exact) mass is 475 g/mol. The number of aliphatic imine (C=N–C) groups is 1. The van der Waals surface area contributed by atoms with Crippen molar-refractivity contribution >= 4 is 29.9 Å². The minimum atomic E-state index is 0. The lowest BCUT2D eigenvalue weighted by Gasteiger charge is -2.18. The second kappa shape index (κ2) is 10.7. The summed E-state index contributed by atoms with van der Waals surface area (Å²) < 4.78 is 0. The Hall–Kier alpha value is -2.35. The fourth-order valence-electron chi connectivity index (χ4n) is 2.71. The molecule has 0 bridgehead atoms. The first-order valence-corrected chi connectivity index (χ1v) is 8.95. The van der Waals surface area contributed by atoms with Crippen LogP contribution in [-0.2, 0) is 6.54 Å². The number of guanidine groups is 1. The van der Waals surface area contributed by atoms with E-state index in [9.17, 15) is 0 Å². The van der Waals surface area contributed by atoms with Crippen LogP contribution in [0, 0.1) is 0 Å². The van der Waals surface area contributed by atoms with Crippen molar-refractivity contribution in [3.05, 3.63) is 78.2 Å². The summed E-state index contributed by atoms with van der Waals surface area (Å²) in [5, 5.41) is 6.73. The van der Waals surface area contributed by atoms with Gasteiger partial charge in [0.1, 0.15) is 12.4 Å². The van der Waals surface area contributed by atoms with Gasteiger partial charge in [0, 0.05) is 6.54 Å². The molecule has 0 fully saturated rings. The smallest absolute Gasteiger partial charge is 0.192 e. The molecule has 5 nitrogen and oxygen atoms in total. The molecule has 1 atom stereocenters. The van der Waals surface area contributed by atoms with Crippen molar-refractivity contribution < 1.29 is 0 Å². The Bertz CT molecular complexity index is 830. The number of nitrogens with zero attached hydrogens (tertiary/aromatic N) is 2. The first-order chi connectivity index (χ1) is 12.8. The predicted molar refractivity (Wildman–Crippen MR) is 122 cm³/mol. The molecule has 3 rings (SSSR count). The number of aromatic nitrogens is 2. The summed E-state index contributed by atoms with van der Waals surface area (Å²) in [6.07, 6.45) is 1.85. The van der Waals surface area contributed by atoms with E-state index in [2.05, 4.69) is 63.7 Å². The zero-order chi connectivity index (χ0) is 18.2. The van der Waals surface area contributed by atoms with Gasteiger partial charge >= 0.3 is 0 Å². The third-order valence-electron chi connectivity index (χ3n) is 4.10. The molecule has 2 aromatic carbocycles. The molecule has 0 aliphatic carbocycles. The zero-order valence-corrected chi connectivity index (χ0v) is 18.0. The molecule has 0 saturated heterocycles. The van der Waals surface area contributed by atoms with Gasteiger partial charge in [0.25, 0.3) is 0 Å². The normalized spacial score (nSPS) is 12.1. The number of halogens is 1. The summed E-state index contributed by atoms with van der Waals surface area (Å²) in [5.74, 6) is 1.62. The van der Waals surface area contributed by atoms with E-state index in [1.165, 1.54) is 5.56 Å². The fraction of sp³-hybridized carbons (Fsp3) is 0.238. The van der Waals surface area contributed by atoms with Gasteiger partial charge < -0.3 is 15.6 Å². The van der Waals surface area contributed by atoms with E-state index in [1.807, 2.05) is 42.6 Å². The van der Waals surface area contributed by atoms with E-state index in [0.29, 0.717) is 6.54 Å². The van der Waals surface area contributed by atoms with Crippen molar-refractivity contribution in [2.45, 2.75) is 26.4 Å². The molecule has 142 valence electrons. The van der Waals surface area contributed by atoms with Crippen LogP contribution in [0.3, 0.4) is 0 Å². The number of imidazole rings is 1. The summed E-state index contributed by atoms with van der Waals surface area (Å²) in [4.78, 5) is 12.4. The molecule has 0 spiro atoms. The highest BCUT2D eigenvalue weighted by molar-refractivity contribution is 14.0. The third-order valence-corrected chi connectivity index (χ3v) is 4.10. The first-order valence-electron chi connectivity index (χ1n) is 8.95. The minimum Gasteiger partial charge on any atom is -0.357 e. The van der Waals surface area contributed by atoms with Gasteiger partial charge in [-0.3, -0.25) is 0 Å². The van der Waals surface area contributed by atoms with Crippen LogP contribution >= 0.6 is 24.0 Å². The maximum atomic E-state index is 4.66. The van der Waals surface area contributed by atoms with Crippen LogP contribution in [0.2, 0.25) is 0 Å². The molecule has 6 heteroatoms.